The van der Waals surface area contributed by atoms with Crippen molar-refractivity contribution >= 4 is 33.4 Å². The van der Waals surface area contributed by atoms with Crippen LogP contribution in [-0.2, 0) is 6.54 Å². The van der Waals surface area contributed by atoms with Crippen LogP contribution in [0.2, 0.25) is 0 Å². The van der Waals surface area contributed by atoms with Gasteiger partial charge in [0, 0.05) is 48.3 Å². The molecule has 0 fully saturated rings. The Kier molecular flexibility index (Phi) is 3.03. The molecule has 0 amide bonds. The summed E-state index contributed by atoms with van der Waals surface area (Å²) in [5, 5.41) is 5.36. The Morgan fingerprint density at radius 1 is 0.880 bits per heavy atom. The number of hydrogen-bond acceptors (Lipinski definition) is 6. The molecule has 0 radical (unpaired) electrons. The molecule has 5 aromatic heterocycles. The Bertz CT molecular complexity index is 1200. The minimum atomic E-state index is 0.638. The van der Waals surface area contributed by atoms with Crippen molar-refractivity contribution < 1.29 is 0 Å². The summed E-state index contributed by atoms with van der Waals surface area (Å²) in [5.74, 6) is 0.791. The molecule has 0 unspecified atom stereocenters. The summed E-state index contributed by atoms with van der Waals surface area (Å²) in [6.45, 7) is 0.638. The molecule has 0 aliphatic carbocycles. The molecule has 0 aliphatic heterocycles. The number of fused-ring (bicyclic) bond motifs is 5. The third-order valence-corrected chi connectivity index (χ3v) is 4.14. The molecule has 7 nitrogen and oxygen atoms in total. The van der Waals surface area contributed by atoms with Gasteiger partial charge in [0.05, 0.1) is 0 Å². The fourth-order valence-electron chi connectivity index (χ4n) is 2.95. The smallest absolute Gasteiger partial charge is 0.168 e. The van der Waals surface area contributed by atoms with Crippen molar-refractivity contribution in [2.75, 3.05) is 5.32 Å². The maximum atomic E-state index is 4.81. The second-order valence-corrected chi connectivity index (χ2v) is 5.69. The molecule has 0 aliphatic rings. The van der Waals surface area contributed by atoms with Gasteiger partial charge >= 0.3 is 0 Å². The fourth-order valence-corrected chi connectivity index (χ4v) is 2.95. The van der Waals surface area contributed by atoms with E-state index in [9.17, 15) is 0 Å². The molecule has 0 saturated heterocycles. The van der Waals surface area contributed by atoms with Gasteiger partial charge in [0.25, 0.3) is 0 Å². The van der Waals surface area contributed by atoms with E-state index < -0.39 is 0 Å². The molecule has 25 heavy (non-hydrogen) atoms. The molecule has 5 aromatic rings. The van der Waals surface area contributed by atoms with Gasteiger partial charge in [0.15, 0.2) is 5.65 Å². The fraction of sp³-hybridized carbons (Fsp3) is 0.0556. The number of nitrogens with zero attached hydrogens (tertiary/aromatic N) is 6. The van der Waals surface area contributed by atoms with Crippen LogP contribution in [0.3, 0.4) is 0 Å². The summed E-state index contributed by atoms with van der Waals surface area (Å²) >= 11 is 0. The summed E-state index contributed by atoms with van der Waals surface area (Å²) in [6.07, 6.45) is 10.7. The number of hydrogen-bond donors (Lipinski definition) is 1. The molecule has 120 valence electrons. The van der Waals surface area contributed by atoms with Gasteiger partial charge in [-0.1, -0.05) is 6.07 Å². The van der Waals surface area contributed by atoms with Crippen molar-refractivity contribution in [3.63, 3.8) is 0 Å². The SMILES string of the molecule is c1cncc(CNc2nc3c(nc4ccncn43)c3cnccc23)c1. The van der Waals surface area contributed by atoms with Gasteiger partial charge in [-0.25, -0.2) is 15.0 Å². The van der Waals surface area contributed by atoms with Crippen molar-refractivity contribution in [2.24, 2.45) is 0 Å². The van der Waals surface area contributed by atoms with E-state index in [2.05, 4.69) is 25.3 Å². The van der Waals surface area contributed by atoms with Gasteiger partial charge in [-0.15, -0.1) is 0 Å². The van der Waals surface area contributed by atoms with Gasteiger partial charge in [-0.2, -0.15) is 0 Å². The lowest BCUT2D eigenvalue weighted by molar-refractivity contribution is 1.07. The highest BCUT2D eigenvalue weighted by Crippen LogP contribution is 2.28. The number of aromatic nitrogens is 6. The second-order valence-electron chi connectivity index (χ2n) is 5.69. The molecule has 0 spiro atoms. The van der Waals surface area contributed by atoms with E-state index >= 15 is 0 Å². The Hall–Kier alpha value is -3.61. The van der Waals surface area contributed by atoms with Crippen LogP contribution < -0.4 is 5.32 Å². The van der Waals surface area contributed by atoms with E-state index in [0.29, 0.717) is 6.54 Å². The van der Waals surface area contributed by atoms with Crippen LogP contribution in [0.15, 0.2) is 61.6 Å². The van der Waals surface area contributed by atoms with Gasteiger partial charge in [0.2, 0.25) is 0 Å². The first kappa shape index (κ1) is 13.8. The number of nitrogens with one attached hydrogen (secondary N) is 1. The van der Waals surface area contributed by atoms with Crippen LogP contribution in [0.1, 0.15) is 5.56 Å². The van der Waals surface area contributed by atoms with Gasteiger partial charge in [-0.3, -0.25) is 14.4 Å². The monoisotopic (exact) mass is 327 g/mol. The lowest BCUT2D eigenvalue weighted by Crippen LogP contribution is -2.03. The molecular formula is C18H13N7. The molecule has 1 N–H and O–H groups in total. The largest absolute Gasteiger partial charge is 0.365 e. The van der Waals surface area contributed by atoms with Crippen molar-refractivity contribution in [3.8, 4) is 0 Å². The number of pyridine rings is 3. The molecule has 7 heteroatoms. The van der Waals surface area contributed by atoms with Crippen LogP contribution >= 0.6 is 0 Å². The summed E-state index contributed by atoms with van der Waals surface area (Å²) in [5.41, 5.74) is 3.48. The van der Waals surface area contributed by atoms with Crippen LogP contribution in [-0.4, -0.2) is 29.3 Å². The van der Waals surface area contributed by atoms with Crippen LogP contribution in [0.25, 0.3) is 27.6 Å². The Balaban J connectivity index is 1.72. The molecule has 0 aromatic carbocycles. The maximum Gasteiger partial charge on any atom is 0.168 e. The third kappa shape index (κ3) is 2.25. The number of imidazole rings is 1. The van der Waals surface area contributed by atoms with E-state index in [1.54, 1.807) is 24.9 Å². The Labute approximate surface area is 142 Å². The van der Waals surface area contributed by atoms with Crippen LogP contribution in [0.5, 0.6) is 0 Å². The average molecular weight is 327 g/mol. The van der Waals surface area contributed by atoms with Gasteiger partial charge in [-0.05, 0) is 23.8 Å². The molecule has 0 atom stereocenters. The number of anilines is 1. The molecular weight excluding hydrogens is 314 g/mol. The molecule has 5 rings (SSSR count). The van der Waals surface area contributed by atoms with Crippen molar-refractivity contribution in [3.05, 3.63) is 67.1 Å². The lowest BCUT2D eigenvalue weighted by Gasteiger charge is -2.09. The highest BCUT2D eigenvalue weighted by molar-refractivity contribution is 6.08. The quantitative estimate of drug-likeness (QED) is 0.549. The van der Waals surface area contributed by atoms with E-state index in [1.165, 1.54) is 0 Å². The highest BCUT2D eigenvalue weighted by atomic mass is 15.1. The summed E-state index contributed by atoms with van der Waals surface area (Å²) < 4.78 is 1.89. The summed E-state index contributed by atoms with van der Waals surface area (Å²) in [4.78, 5) is 22.1. The second kappa shape index (κ2) is 5.48. The van der Waals surface area contributed by atoms with Crippen molar-refractivity contribution in [2.45, 2.75) is 6.54 Å². The normalized spacial score (nSPS) is 11.4. The van der Waals surface area contributed by atoms with Gasteiger partial charge in [0.1, 0.15) is 23.3 Å². The topological polar surface area (TPSA) is 80.9 Å². The Morgan fingerprint density at radius 3 is 2.72 bits per heavy atom. The highest BCUT2D eigenvalue weighted by Gasteiger charge is 2.13. The summed E-state index contributed by atoms with van der Waals surface area (Å²) in [6, 6.07) is 7.77. The van der Waals surface area contributed by atoms with Gasteiger partial charge < -0.3 is 5.32 Å². The first-order valence-corrected chi connectivity index (χ1v) is 7.88. The predicted molar refractivity (Wildman–Crippen MR) is 95.2 cm³/mol. The molecule has 0 bridgehead atoms. The maximum absolute atomic E-state index is 4.81. The zero-order chi connectivity index (χ0) is 16.6. The standard InChI is InChI=1S/C18H13N7/c1-2-12(8-19-5-1)9-22-17-13-3-6-20-10-14(13)16-18(24-17)25-11-21-7-4-15(25)23-16/h1-8,10-11H,9H2,(H,22,24). The van der Waals surface area contributed by atoms with Crippen molar-refractivity contribution in [1.29, 1.82) is 0 Å². The van der Waals surface area contributed by atoms with E-state index in [4.69, 9.17) is 4.98 Å². The van der Waals surface area contributed by atoms with Crippen LogP contribution in [0.4, 0.5) is 5.82 Å². The number of rotatable bonds is 3. The van der Waals surface area contributed by atoms with Crippen LogP contribution in [0, 0.1) is 0 Å². The molecule has 0 saturated carbocycles. The zero-order valence-corrected chi connectivity index (χ0v) is 13.2. The Morgan fingerprint density at radius 2 is 1.80 bits per heavy atom. The van der Waals surface area contributed by atoms with E-state index in [-0.39, 0.29) is 0 Å². The predicted octanol–water partition coefficient (Wildman–Crippen LogP) is 2.83. The minimum Gasteiger partial charge on any atom is -0.365 e. The lowest BCUT2D eigenvalue weighted by atomic mass is 10.2. The first-order valence-electron chi connectivity index (χ1n) is 7.88. The molecule has 5 heterocycles. The van der Waals surface area contributed by atoms with Crippen molar-refractivity contribution in [1.82, 2.24) is 29.3 Å². The minimum absolute atomic E-state index is 0.638. The average Bonchev–Trinajstić information content (AvgIpc) is 3.06. The van der Waals surface area contributed by atoms with E-state index in [1.807, 2.05) is 41.1 Å². The summed E-state index contributed by atoms with van der Waals surface area (Å²) in [7, 11) is 0. The first-order chi connectivity index (χ1) is 12.4. The zero-order valence-electron chi connectivity index (χ0n) is 13.2. The third-order valence-electron chi connectivity index (χ3n) is 4.14. The van der Waals surface area contributed by atoms with E-state index in [0.717, 1.165) is 39.0 Å².